The lowest BCUT2D eigenvalue weighted by atomic mass is 9.82. The maximum Gasteiger partial charge on any atom is 0.132 e. The molecule has 18 heavy (non-hydrogen) atoms. The summed E-state index contributed by atoms with van der Waals surface area (Å²) >= 11 is 0. The van der Waals surface area contributed by atoms with E-state index < -0.39 is 0 Å². The van der Waals surface area contributed by atoms with Gasteiger partial charge in [-0.3, -0.25) is 4.79 Å². The standard InChI is InChI=1S/C17H26O/c1-11(14(4)18)10-16-12(2)8-15(9-13(16)3)17(5,6)7/h8-9,11H,10H2,1-7H3. The molecular weight excluding hydrogens is 220 g/mol. The number of carbonyl (C=O) groups excluding carboxylic acids is 1. The zero-order chi connectivity index (χ0) is 14.1. The number of hydrogen-bond donors (Lipinski definition) is 0. The molecule has 0 aromatic heterocycles. The van der Waals surface area contributed by atoms with Crippen molar-refractivity contribution in [1.29, 1.82) is 0 Å². The highest BCUT2D eigenvalue weighted by Crippen LogP contribution is 2.28. The molecule has 0 saturated heterocycles. The average molecular weight is 246 g/mol. The predicted octanol–water partition coefficient (Wildman–Crippen LogP) is 4.37. The number of benzene rings is 1. The van der Waals surface area contributed by atoms with Gasteiger partial charge in [-0.2, -0.15) is 0 Å². The first-order valence-electron chi connectivity index (χ1n) is 6.74. The fourth-order valence-corrected chi connectivity index (χ4v) is 2.20. The molecule has 1 nitrogen and oxygen atoms in total. The van der Waals surface area contributed by atoms with Crippen LogP contribution in [-0.4, -0.2) is 5.78 Å². The van der Waals surface area contributed by atoms with E-state index in [0.29, 0.717) is 0 Å². The highest BCUT2D eigenvalue weighted by molar-refractivity contribution is 5.78. The van der Waals surface area contributed by atoms with Crippen LogP contribution < -0.4 is 0 Å². The second-order valence-corrected chi connectivity index (χ2v) is 6.55. The van der Waals surface area contributed by atoms with Crippen molar-refractivity contribution in [3.8, 4) is 0 Å². The van der Waals surface area contributed by atoms with Crippen LogP contribution in [0.1, 0.15) is 56.9 Å². The third-order valence-corrected chi connectivity index (χ3v) is 3.77. The molecule has 1 heteroatoms. The first-order chi connectivity index (χ1) is 8.12. The molecule has 1 unspecified atom stereocenters. The third kappa shape index (κ3) is 3.44. The van der Waals surface area contributed by atoms with Crippen LogP contribution in [0.2, 0.25) is 0 Å². The van der Waals surface area contributed by atoms with E-state index in [1.165, 1.54) is 22.3 Å². The Bertz CT molecular complexity index is 426. The maximum atomic E-state index is 11.4. The van der Waals surface area contributed by atoms with E-state index in [1.807, 2.05) is 6.92 Å². The van der Waals surface area contributed by atoms with Gasteiger partial charge in [-0.05, 0) is 54.9 Å². The van der Waals surface area contributed by atoms with Crippen molar-refractivity contribution in [2.24, 2.45) is 5.92 Å². The molecule has 0 fully saturated rings. The molecule has 1 atom stereocenters. The Morgan fingerprint density at radius 3 is 1.94 bits per heavy atom. The van der Waals surface area contributed by atoms with Gasteiger partial charge in [0.15, 0.2) is 0 Å². The van der Waals surface area contributed by atoms with E-state index in [4.69, 9.17) is 0 Å². The van der Waals surface area contributed by atoms with E-state index >= 15 is 0 Å². The van der Waals surface area contributed by atoms with Gasteiger partial charge in [0.1, 0.15) is 5.78 Å². The Labute approximate surface area is 112 Å². The summed E-state index contributed by atoms with van der Waals surface area (Å²) < 4.78 is 0. The SMILES string of the molecule is CC(=O)C(C)Cc1c(C)cc(C(C)(C)C)cc1C. The van der Waals surface area contributed by atoms with Gasteiger partial charge >= 0.3 is 0 Å². The Morgan fingerprint density at radius 1 is 1.17 bits per heavy atom. The van der Waals surface area contributed by atoms with Gasteiger partial charge in [-0.15, -0.1) is 0 Å². The minimum Gasteiger partial charge on any atom is -0.300 e. The molecule has 1 aromatic carbocycles. The Morgan fingerprint density at radius 2 is 1.61 bits per heavy atom. The fraction of sp³-hybridized carbons (Fsp3) is 0.588. The molecule has 0 saturated carbocycles. The van der Waals surface area contributed by atoms with Crippen LogP contribution in [-0.2, 0) is 16.6 Å². The van der Waals surface area contributed by atoms with Crippen LogP contribution in [0.25, 0.3) is 0 Å². The van der Waals surface area contributed by atoms with Crippen LogP contribution in [0.3, 0.4) is 0 Å². The number of rotatable bonds is 3. The van der Waals surface area contributed by atoms with Crippen molar-refractivity contribution < 1.29 is 4.79 Å². The minimum atomic E-state index is 0.114. The monoisotopic (exact) mass is 246 g/mol. The van der Waals surface area contributed by atoms with Crippen molar-refractivity contribution in [3.63, 3.8) is 0 Å². The second kappa shape index (κ2) is 5.26. The van der Waals surface area contributed by atoms with Gasteiger partial charge in [0.25, 0.3) is 0 Å². The number of Topliss-reactive ketones (excluding diaryl/α,β-unsaturated/α-hetero) is 1. The summed E-state index contributed by atoms with van der Waals surface area (Å²) in [6.07, 6.45) is 0.859. The van der Waals surface area contributed by atoms with Crippen LogP contribution in [0.5, 0.6) is 0 Å². The van der Waals surface area contributed by atoms with Crippen LogP contribution in [0.4, 0.5) is 0 Å². The quantitative estimate of drug-likeness (QED) is 0.774. The molecule has 1 aromatic rings. The van der Waals surface area contributed by atoms with E-state index in [9.17, 15) is 4.79 Å². The number of hydrogen-bond acceptors (Lipinski definition) is 1. The van der Waals surface area contributed by atoms with Crippen molar-refractivity contribution in [3.05, 3.63) is 34.4 Å². The number of aryl methyl sites for hydroxylation is 2. The first kappa shape index (κ1) is 14.9. The van der Waals surface area contributed by atoms with Crippen molar-refractivity contribution >= 4 is 5.78 Å². The highest BCUT2D eigenvalue weighted by Gasteiger charge is 2.18. The molecule has 0 spiro atoms. The topological polar surface area (TPSA) is 17.1 Å². The summed E-state index contributed by atoms with van der Waals surface area (Å²) in [7, 11) is 0. The van der Waals surface area contributed by atoms with E-state index in [2.05, 4.69) is 46.8 Å². The lowest BCUT2D eigenvalue weighted by Gasteiger charge is -2.23. The number of ketones is 1. The summed E-state index contributed by atoms with van der Waals surface area (Å²) in [6, 6.07) is 4.55. The van der Waals surface area contributed by atoms with Gasteiger partial charge < -0.3 is 0 Å². The van der Waals surface area contributed by atoms with E-state index in [1.54, 1.807) is 6.92 Å². The summed E-state index contributed by atoms with van der Waals surface area (Å²) in [5.74, 6) is 0.386. The third-order valence-electron chi connectivity index (χ3n) is 3.77. The molecule has 0 aliphatic rings. The second-order valence-electron chi connectivity index (χ2n) is 6.55. The van der Waals surface area contributed by atoms with Gasteiger partial charge in [-0.25, -0.2) is 0 Å². The van der Waals surface area contributed by atoms with Gasteiger partial charge in [0.05, 0.1) is 0 Å². The molecule has 0 aliphatic carbocycles. The van der Waals surface area contributed by atoms with E-state index in [0.717, 1.165) is 6.42 Å². The van der Waals surface area contributed by atoms with Crippen LogP contribution in [0, 0.1) is 19.8 Å². The highest BCUT2D eigenvalue weighted by atomic mass is 16.1. The summed E-state index contributed by atoms with van der Waals surface area (Å²) in [4.78, 5) is 11.4. The largest absolute Gasteiger partial charge is 0.300 e. The van der Waals surface area contributed by atoms with Gasteiger partial charge in [-0.1, -0.05) is 39.8 Å². The van der Waals surface area contributed by atoms with Crippen molar-refractivity contribution in [2.75, 3.05) is 0 Å². The summed E-state index contributed by atoms with van der Waals surface area (Å²) in [5, 5.41) is 0. The van der Waals surface area contributed by atoms with Gasteiger partial charge in [0, 0.05) is 5.92 Å². The van der Waals surface area contributed by atoms with E-state index in [-0.39, 0.29) is 17.1 Å². The smallest absolute Gasteiger partial charge is 0.132 e. The lowest BCUT2D eigenvalue weighted by Crippen LogP contribution is -2.15. The number of carbonyl (C=O) groups is 1. The van der Waals surface area contributed by atoms with Crippen molar-refractivity contribution in [2.45, 2.75) is 60.3 Å². The molecule has 0 bridgehead atoms. The van der Waals surface area contributed by atoms with Gasteiger partial charge in [0.2, 0.25) is 0 Å². The molecule has 0 N–H and O–H groups in total. The normalized spacial score (nSPS) is 13.5. The summed E-state index contributed by atoms with van der Waals surface area (Å²) in [6.45, 7) is 14.7. The van der Waals surface area contributed by atoms with Crippen LogP contribution >= 0.6 is 0 Å². The zero-order valence-electron chi connectivity index (χ0n) is 12.8. The van der Waals surface area contributed by atoms with Crippen LogP contribution in [0.15, 0.2) is 12.1 Å². The summed E-state index contributed by atoms with van der Waals surface area (Å²) in [5.41, 5.74) is 5.52. The zero-order valence-corrected chi connectivity index (χ0v) is 12.8. The molecule has 1 rings (SSSR count). The molecule has 0 heterocycles. The molecule has 100 valence electrons. The molecular formula is C17H26O. The maximum absolute atomic E-state index is 11.4. The molecule has 0 amide bonds. The molecule has 0 aliphatic heterocycles. The Hall–Kier alpha value is -1.11. The predicted molar refractivity (Wildman–Crippen MR) is 78.2 cm³/mol. The minimum absolute atomic E-state index is 0.114. The lowest BCUT2D eigenvalue weighted by molar-refractivity contribution is -0.120. The first-order valence-corrected chi connectivity index (χ1v) is 6.74. The average Bonchev–Trinajstić information content (AvgIpc) is 2.21. The Kier molecular flexibility index (Phi) is 4.37. The molecule has 0 radical (unpaired) electrons. The van der Waals surface area contributed by atoms with Crippen molar-refractivity contribution in [1.82, 2.24) is 0 Å². The fourth-order valence-electron chi connectivity index (χ4n) is 2.20. The Balaban J connectivity index is 3.13.